The Labute approximate surface area is 246 Å². The van der Waals surface area contributed by atoms with Crippen molar-refractivity contribution in [3.63, 3.8) is 0 Å². The number of nitrogens with two attached hydrogens (primary N) is 1. The first-order valence-corrected chi connectivity index (χ1v) is 13.8. The lowest BCUT2D eigenvalue weighted by Gasteiger charge is -2.32. The largest absolute Gasteiger partial charge is 0.494 e. The van der Waals surface area contributed by atoms with Crippen molar-refractivity contribution in [1.29, 1.82) is 0 Å². The zero-order valence-corrected chi connectivity index (χ0v) is 24.0. The molecule has 3 heterocycles. The number of carbonyl (C=O) groups excluding carboxylic acids is 2. The number of hydrogen-bond acceptors (Lipinski definition) is 8. The van der Waals surface area contributed by atoms with Gasteiger partial charge >= 0.3 is 6.18 Å². The van der Waals surface area contributed by atoms with Crippen LogP contribution >= 0.6 is 11.3 Å². The average molecular weight is 619 g/mol. The number of methoxy groups -OCH3 is 1. The lowest BCUT2D eigenvalue weighted by molar-refractivity contribution is -0.265. The topological polar surface area (TPSA) is 137 Å². The molecule has 5 rings (SSSR count). The summed E-state index contributed by atoms with van der Waals surface area (Å²) in [6.45, 7) is 1.78. The first kappa shape index (κ1) is 30.2. The van der Waals surface area contributed by atoms with Crippen LogP contribution in [0, 0.1) is 12.7 Å². The number of nitrogens with zero attached hydrogens (tertiary/aromatic N) is 2. The van der Waals surface area contributed by atoms with Crippen molar-refractivity contribution in [2.45, 2.75) is 37.5 Å². The third-order valence-corrected chi connectivity index (χ3v) is 8.51. The number of nitrogens with one attached hydrogen (secondary N) is 1. The van der Waals surface area contributed by atoms with Gasteiger partial charge in [-0.1, -0.05) is 6.92 Å². The van der Waals surface area contributed by atoms with Gasteiger partial charge in [0.2, 0.25) is 11.5 Å². The molecule has 9 nitrogen and oxygen atoms in total. The lowest BCUT2D eigenvalue weighted by Crippen LogP contribution is -2.52. The molecule has 226 valence electrons. The lowest BCUT2D eigenvalue weighted by atomic mass is 9.78. The summed E-state index contributed by atoms with van der Waals surface area (Å²) < 4.78 is 69.4. The van der Waals surface area contributed by atoms with Crippen LogP contribution in [-0.2, 0) is 15.8 Å². The smallest absolute Gasteiger partial charge is 0.424 e. The Hall–Kier alpha value is -4.30. The van der Waals surface area contributed by atoms with E-state index in [9.17, 15) is 32.3 Å². The van der Waals surface area contributed by atoms with Crippen LogP contribution in [0.1, 0.15) is 40.0 Å². The molecule has 14 heteroatoms. The van der Waals surface area contributed by atoms with E-state index < -0.39 is 47.1 Å². The van der Waals surface area contributed by atoms with Crippen LogP contribution in [0.25, 0.3) is 21.5 Å². The van der Waals surface area contributed by atoms with Crippen molar-refractivity contribution in [1.82, 2.24) is 15.3 Å². The second-order valence-electron chi connectivity index (χ2n) is 10.1. The van der Waals surface area contributed by atoms with E-state index in [0.29, 0.717) is 15.2 Å². The van der Waals surface area contributed by atoms with Gasteiger partial charge in [0.1, 0.15) is 40.5 Å². The van der Waals surface area contributed by atoms with Gasteiger partial charge in [-0.25, -0.2) is 14.4 Å². The molecule has 4 aromatic rings. The summed E-state index contributed by atoms with van der Waals surface area (Å²) in [6.07, 6.45) is -5.27. The summed E-state index contributed by atoms with van der Waals surface area (Å²) in [5.41, 5.74) is 0.0422. The predicted molar refractivity (Wildman–Crippen MR) is 149 cm³/mol. The fraction of sp³-hybridized carbons (Fsp3) is 0.310. The number of hydrogen-bond donors (Lipinski definition) is 3. The normalized spacial score (nSPS) is 17.7. The molecule has 0 saturated carbocycles. The highest BCUT2D eigenvalue weighted by Crippen LogP contribution is 2.49. The molecule has 0 fully saturated rings. The van der Waals surface area contributed by atoms with Crippen molar-refractivity contribution >= 4 is 33.4 Å². The second kappa shape index (κ2) is 10.8. The van der Waals surface area contributed by atoms with Crippen LogP contribution < -0.4 is 20.5 Å². The monoisotopic (exact) mass is 618 g/mol. The van der Waals surface area contributed by atoms with Gasteiger partial charge < -0.3 is 25.6 Å². The molecule has 0 unspecified atom stereocenters. The summed E-state index contributed by atoms with van der Waals surface area (Å²) in [5.74, 6) is -2.12. The van der Waals surface area contributed by atoms with Crippen LogP contribution in [0.5, 0.6) is 11.5 Å². The predicted octanol–water partition coefficient (Wildman–Crippen LogP) is 4.52. The zero-order valence-electron chi connectivity index (χ0n) is 23.1. The number of fused-ring (bicyclic) bond motifs is 2. The van der Waals surface area contributed by atoms with Gasteiger partial charge in [0, 0.05) is 16.7 Å². The Morgan fingerprint density at radius 1 is 1.19 bits per heavy atom. The number of carbonyl (C=O) groups is 2. The number of thiazole rings is 1. The van der Waals surface area contributed by atoms with Crippen LogP contribution in [-0.4, -0.2) is 53.3 Å². The van der Waals surface area contributed by atoms with Gasteiger partial charge in [0.25, 0.3) is 5.91 Å². The van der Waals surface area contributed by atoms with Crippen LogP contribution in [0.4, 0.5) is 17.6 Å². The van der Waals surface area contributed by atoms with Gasteiger partial charge in [0.15, 0.2) is 0 Å². The van der Waals surface area contributed by atoms with Crippen molar-refractivity contribution in [3.8, 4) is 22.8 Å². The average Bonchev–Trinajstić information content (AvgIpc) is 3.54. The third-order valence-electron chi connectivity index (χ3n) is 7.59. The first-order valence-electron chi connectivity index (χ1n) is 13.0. The molecule has 0 saturated heterocycles. The number of aromatic nitrogens is 2. The van der Waals surface area contributed by atoms with Gasteiger partial charge in [-0.2, -0.15) is 13.2 Å². The third kappa shape index (κ3) is 5.03. The highest BCUT2D eigenvalue weighted by atomic mass is 32.1. The zero-order chi connectivity index (χ0) is 31.3. The van der Waals surface area contributed by atoms with E-state index in [-0.39, 0.29) is 46.9 Å². The minimum atomic E-state index is -5.35. The van der Waals surface area contributed by atoms with E-state index in [2.05, 4.69) is 15.3 Å². The summed E-state index contributed by atoms with van der Waals surface area (Å²) >= 11 is 1.27. The van der Waals surface area contributed by atoms with Crippen LogP contribution in [0.15, 0.2) is 42.5 Å². The molecule has 0 spiro atoms. The van der Waals surface area contributed by atoms with Crippen molar-refractivity contribution in [3.05, 3.63) is 70.1 Å². The Balaban J connectivity index is 1.61. The van der Waals surface area contributed by atoms with Gasteiger partial charge in [0.05, 0.1) is 29.1 Å². The van der Waals surface area contributed by atoms with E-state index >= 15 is 0 Å². The molecule has 2 atom stereocenters. The number of rotatable bonds is 8. The molecule has 1 aliphatic rings. The quantitative estimate of drug-likeness (QED) is 0.247. The number of aryl methyl sites for hydroxylation is 1. The molecule has 2 aromatic heterocycles. The Bertz CT molecular complexity index is 1740. The molecule has 0 bridgehead atoms. The molecular weight excluding hydrogens is 592 g/mol. The Morgan fingerprint density at radius 2 is 1.88 bits per heavy atom. The standard InChI is InChI=1S/C29H26F4N4O5S/c1-4-27(26(34)39)13-42-24-18(27)11-21(37-22(24)15-5-7-17(30)8-6-15)28(40,29(31,32)33)12-35-25(38)16-9-19(41-3)23-20(10-16)43-14(2)36-23/h5-11,40H,4,12-13H2,1-3H3,(H2,34,39)(H,35,38)/t27-,28-/m0/s1. The summed E-state index contributed by atoms with van der Waals surface area (Å²) in [7, 11) is 1.37. The summed E-state index contributed by atoms with van der Waals surface area (Å²) in [6, 6.07) is 8.45. The number of alkyl halides is 3. The molecule has 2 amide bonds. The number of benzene rings is 2. The molecule has 1 aliphatic heterocycles. The number of halogens is 4. The van der Waals surface area contributed by atoms with Crippen molar-refractivity contribution < 1.29 is 41.7 Å². The number of ether oxygens (including phenoxy) is 2. The fourth-order valence-electron chi connectivity index (χ4n) is 5.04. The number of pyridine rings is 1. The minimum absolute atomic E-state index is 0.00317. The Kier molecular flexibility index (Phi) is 7.55. The SMILES string of the molecule is CC[C@]1(C(N)=O)COc2c1cc([C@@](O)(CNC(=O)c1cc(OC)c3nc(C)sc3c1)C(F)(F)F)nc2-c1ccc(F)cc1. The number of aliphatic hydroxyl groups is 1. The maximum Gasteiger partial charge on any atom is 0.424 e. The minimum Gasteiger partial charge on any atom is -0.494 e. The molecule has 0 radical (unpaired) electrons. The molecule has 2 aromatic carbocycles. The molecular formula is C29H26F4N4O5S. The van der Waals surface area contributed by atoms with Gasteiger partial charge in [-0.05, 0) is 55.8 Å². The number of primary amides is 1. The number of amides is 2. The first-order chi connectivity index (χ1) is 20.2. The highest BCUT2D eigenvalue weighted by Gasteiger charge is 2.58. The Morgan fingerprint density at radius 3 is 2.49 bits per heavy atom. The fourth-order valence-corrected chi connectivity index (χ4v) is 5.92. The second-order valence-corrected chi connectivity index (χ2v) is 11.4. The van der Waals surface area contributed by atoms with Gasteiger partial charge in [-0.3, -0.25) is 9.59 Å². The van der Waals surface area contributed by atoms with Crippen molar-refractivity contribution in [2.75, 3.05) is 20.3 Å². The molecule has 4 N–H and O–H groups in total. The summed E-state index contributed by atoms with van der Waals surface area (Å²) in [5, 5.41) is 14.1. The molecule has 0 aliphatic carbocycles. The van der Waals surface area contributed by atoms with E-state index in [1.165, 1.54) is 42.7 Å². The maximum atomic E-state index is 14.7. The van der Waals surface area contributed by atoms with Crippen LogP contribution in [0.3, 0.4) is 0 Å². The highest BCUT2D eigenvalue weighted by molar-refractivity contribution is 7.18. The van der Waals surface area contributed by atoms with E-state index in [4.69, 9.17) is 15.2 Å². The van der Waals surface area contributed by atoms with Crippen LogP contribution in [0.2, 0.25) is 0 Å². The van der Waals surface area contributed by atoms with E-state index in [0.717, 1.165) is 18.2 Å². The van der Waals surface area contributed by atoms with E-state index in [1.807, 2.05) is 0 Å². The van der Waals surface area contributed by atoms with E-state index in [1.54, 1.807) is 13.8 Å². The van der Waals surface area contributed by atoms with Crippen molar-refractivity contribution in [2.24, 2.45) is 5.73 Å². The van der Waals surface area contributed by atoms with Gasteiger partial charge in [-0.15, -0.1) is 11.3 Å². The summed E-state index contributed by atoms with van der Waals surface area (Å²) in [4.78, 5) is 34.2. The maximum absolute atomic E-state index is 14.7. The molecule has 43 heavy (non-hydrogen) atoms.